The summed E-state index contributed by atoms with van der Waals surface area (Å²) >= 11 is 0. The SMILES string of the molecule is NC1=C(/C(N)=N/O)C(c2ccccc2)c2ccc3ccccc3c2O1. The van der Waals surface area contributed by atoms with Crippen molar-refractivity contribution in [2.24, 2.45) is 16.6 Å². The van der Waals surface area contributed by atoms with Crippen LogP contribution in [0.1, 0.15) is 17.0 Å². The molecule has 3 aromatic carbocycles. The van der Waals surface area contributed by atoms with E-state index in [-0.39, 0.29) is 17.6 Å². The third-order valence-electron chi connectivity index (χ3n) is 4.50. The number of hydrogen-bond acceptors (Lipinski definition) is 4. The molecule has 0 aliphatic carbocycles. The molecule has 5 heteroatoms. The fraction of sp³-hybridized carbons (Fsp3) is 0.0500. The zero-order valence-corrected chi connectivity index (χ0v) is 13.4. The van der Waals surface area contributed by atoms with E-state index in [2.05, 4.69) is 5.16 Å². The molecule has 1 aliphatic heterocycles. The molecule has 0 aromatic heterocycles. The zero-order valence-electron chi connectivity index (χ0n) is 13.4. The maximum atomic E-state index is 9.21. The van der Waals surface area contributed by atoms with Crippen molar-refractivity contribution in [1.82, 2.24) is 0 Å². The first-order valence-corrected chi connectivity index (χ1v) is 7.92. The van der Waals surface area contributed by atoms with Gasteiger partial charge in [0.05, 0.1) is 5.57 Å². The first-order valence-electron chi connectivity index (χ1n) is 7.92. The average Bonchev–Trinajstić information content (AvgIpc) is 2.67. The van der Waals surface area contributed by atoms with Gasteiger partial charge < -0.3 is 21.4 Å². The van der Waals surface area contributed by atoms with Gasteiger partial charge in [-0.05, 0) is 10.9 Å². The Labute approximate surface area is 144 Å². The molecule has 0 spiro atoms. The van der Waals surface area contributed by atoms with Gasteiger partial charge >= 0.3 is 0 Å². The van der Waals surface area contributed by atoms with Crippen LogP contribution in [0.2, 0.25) is 0 Å². The Kier molecular flexibility index (Phi) is 3.54. The predicted octanol–water partition coefficient (Wildman–Crippen LogP) is 3.28. The van der Waals surface area contributed by atoms with Gasteiger partial charge in [-0.15, -0.1) is 0 Å². The summed E-state index contributed by atoms with van der Waals surface area (Å²) in [6.07, 6.45) is 0. The molecule has 0 amide bonds. The van der Waals surface area contributed by atoms with Crippen LogP contribution in [0, 0.1) is 0 Å². The molecule has 1 aliphatic rings. The third-order valence-corrected chi connectivity index (χ3v) is 4.50. The van der Waals surface area contributed by atoms with Gasteiger partial charge in [-0.25, -0.2) is 0 Å². The summed E-state index contributed by atoms with van der Waals surface area (Å²) in [6, 6.07) is 21.8. The van der Waals surface area contributed by atoms with E-state index >= 15 is 0 Å². The lowest BCUT2D eigenvalue weighted by Crippen LogP contribution is -2.30. The van der Waals surface area contributed by atoms with Crippen LogP contribution in [0.3, 0.4) is 0 Å². The Hall–Kier alpha value is -3.47. The number of hydrogen-bond donors (Lipinski definition) is 3. The summed E-state index contributed by atoms with van der Waals surface area (Å²) in [7, 11) is 0. The molecule has 1 unspecified atom stereocenters. The number of nitrogens with two attached hydrogens (primary N) is 2. The van der Waals surface area contributed by atoms with Crippen LogP contribution < -0.4 is 16.2 Å². The van der Waals surface area contributed by atoms with Gasteiger partial charge in [0, 0.05) is 16.9 Å². The maximum absolute atomic E-state index is 9.21. The first-order chi connectivity index (χ1) is 12.2. The Bertz CT molecular complexity index is 1010. The lowest BCUT2D eigenvalue weighted by Gasteiger charge is -2.29. The number of ether oxygens (including phenoxy) is 1. The normalized spacial score (nSPS) is 17.3. The Morgan fingerprint density at radius 2 is 1.68 bits per heavy atom. The van der Waals surface area contributed by atoms with Crippen molar-refractivity contribution in [3.63, 3.8) is 0 Å². The van der Waals surface area contributed by atoms with E-state index in [0.717, 1.165) is 21.9 Å². The highest BCUT2D eigenvalue weighted by Crippen LogP contribution is 2.45. The van der Waals surface area contributed by atoms with E-state index in [1.165, 1.54) is 0 Å². The minimum Gasteiger partial charge on any atom is -0.440 e. The molecular weight excluding hydrogens is 314 g/mol. The topological polar surface area (TPSA) is 93.9 Å². The second-order valence-corrected chi connectivity index (χ2v) is 5.91. The summed E-state index contributed by atoms with van der Waals surface area (Å²) in [5.41, 5.74) is 14.5. The second kappa shape index (κ2) is 5.87. The van der Waals surface area contributed by atoms with E-state index < -0.39 is 0 Å². The van der Waals surface area contributed by atoms with E-state index in [9.17, 15) is 5.21 Å². The number of amidine groups is 1. The number of benzene rings is 3. The monoisotopic (exact) mass is 331 g/mol. The Morgan fingerprint density at radius 1 is 0.960 bits per heavy atom. The molecule has 124 valence electrons. The standard InChI is InChI=1S/C20H17N3O2/c21-19(23-24)17-16(13-7-2-1-3-8-13)15-11-10-12-6-4-5-9-14(12)18(15)25-20(17)22/h1-11,16,24H,22H2,(H2,21,23). The minimum atomic E-state index is -0.273. The van der Waals surface area contributed by atoms with Gasteiger partial charge in [0.15, 0.2) is 11.7 Å². The van der Waals surface area contributed by atoms with Crippen molar-refractivity contribution in [1.29, 1.82) is 0 Å². The minimum absolute atomic E-state index is 0.0508. The molecule has 1 atom stereocenters. The molecule has 3 aromatic rings. The molecule has 1 heterocycles. The van der Waals surface area contributed by atoms with Crippen molar-refractivity contribution in [2.45, 2.75) is 5.92 Å². The summed E-state index contributed by atoms with van der Waals surface area (Å²) < 4.78 is 5.92. The lowest BCUT2D eigenvalue weighted by molar-refractivity contribution is 0.317. The largest absolute Gasteiger partial charge is 0.440 e. The lowest BCUT2D eigenvalue weighted by atomic mass is 9.81. The van der Waals surface area contributed by atoms with Gasteiger partial charge in [-0.3, -0.25) is 0 Å². The predicted molar refractivity (Wildman–Crippen MR) is 97.5 cm³/mol. The first kappa shape index (κ1) is 15.1. The molecule has 5 nitrogen and oxygen atoms in total. The van der Waals surface area contributed by atoms with Crippen LogP contribution in [0.25, 0.3) is 10.8 Å². The van der Waals surface area contributed by atoms with E-state index in [0.29, 0.717) is 11.3 Å². The fourth-order valence-electron chi connectivity index (χ4n) is 3.38. The van der Waals surface area contributed by atoms with Crippen molar-refractivity contribution in [3.8, 4) is 5.75 Å². The van der Waals surface area contributed by atoms with Gasteiger partial charge in [0.2, 0.25) is 0 Å². The highest BCUT2D eigenvalue weighted by Gasteiger charge is 2.33. The number of nitrogens with zero attached hydrogens (tertiary/aromatic N) is 1. The Balaban J connectivity index is 2.03. The summed E-state index contributed by atoms with van der Waals surface area (Å²) in [6.45, 7) is 0. The van der Waals surface area contributed by atoms with E-state index in [1.54, 1.807) is 0 Å². The summed E-state index contributed by atoms with van der Waals surface area (Å²) in [5.74, 6) is 0.530. The smallest absolute Gasteiger partial charge is 0.198 e. The molecular formula is C20H17N3O2. The molecule has 4 rings (SSSR count). The van der Waals surface area contributed by atoms with Crippen LogP contribution in [0.4, 0.5) is 0 Å². The maximum Gasteiger partial charge on any atom is 0.198 e. The van der Waals surface area contributed by atoms with Gasteiger partial charge in [-0.1, -0.05) is 71.9 Å². The van der Waals surface area contributed by atoms with Crippen LogP contribution in [0.15, 0.2) is 83.3 Å². The van der Waals surface area contributed by atoms with E-state index in [1.807, 2.05) is 66.7 Å². The summed E-state index contributed by atoms with van der Waals surface area (Å²) in [5, 5.41) is 14.4. The van der Waals surface area contributed by atoms with Crippen molar-refractivity contribution >= 4 is 16.6 Å². The highest BCUT2D eigenvalue weighted by atomic mass is 16.5. The molecule has 0 bridgehead atoms. The molecule has 5 N–H and O–H groups in total. The van der Waals surface area contributed by atoms with Crippen LogP contribution in [-0.4, -0.2) is 11.0 Å². The number of rotatable bonds is 2. The molecule has 0 saturated heterocycles. The van der Waals surface area contributed by atoms with Crippen molar-refractivity contribution in [3.05, 3.63) is 89.3 Å². The molecule has 0 radical (unpaired) electrons. The highest BCUT2D eigenvalue weighted by molar-refractivity contribution is 6.01. The van der Waals surface area contributed by atoms with Crippen molar-refractivity contribution < 1.29 is 9.94 Å². The van der Waals surface area contributed by atoms with Crippen molar-refractivity contribution in [2.75, 3.05) is 0 Å². The Morgan fingerprint density at radius 3 is 2.44 bits per heavy atom. The molecule has 25 heavy (non-hydrogen) atoms. The average molecular weight is 331 g/mol. The quantitative estimate of drug-likeness (QED) is 0.291. The molecule has 0 fully saturated rings. The number of oxime groups is 1. The van der Waals surface area contributed by atoms with Crippen LogP contribution in [0.5, 0.6) is 5.75 Å². The zero-order chi connectivity index (χ0) is 17.4. The van der Waals surface area contributed by atoms with Crippen LogP contribution in [-0.2, 0) is 0 Å². The van der Waals surface area contributed by atoms with E-state index in [4.69, 9.17) is 16.2 Å². The van der Waals surface area contributed by atoms with Gasteiger partial charge in [0.1, 0.15) is 5.75 Å². The van der Waals surface area contributed by atoms with Crippen LogP contribution >= 0.6 is 0 Å². The van der Waals surface area contributed by atoms with Gasteiger partial charge in [-0.2, -0.15) is 0 Å². The fourth-order valence-corrected chi connectivity index (χ4v) is 3.38. The molecule has 0 saturated carbocycles. The third kappa shape index (κ3) is 2.37. The number of fused-ring (bicyclic) bond motifs is 3. The van der Waals surface area contributed by atoms with Gasteiger partial charge in [0.25, 0.3) is 0 Å². The second-order valence-electron chi connectivity index (χ2n) is 5.91. The summed E-state index contributed by atoms with van der Waals surface area (Å²) in [4.78, 5) is 0.